The van der Waals surface area contributed by atoms with Crippen molar-refractivity contribution < 1.29 is 0 Å². The standard InChI is InChI=1S/C15H24ClN/c1-2-3-4-5-6-7-12-17-13-14-8-10-15(16)11-9-14/h8-11,17H,2-7,12-13H2,1H3. The number of halogens is 1. The monoisotopic (exact) mass is 253 g/mol. The third-order valence-electron chi connectivity index (χ3n) is 2.95. The average molecular weight is 254 g/mol. The molecule has 2 heteroatoms. The van der Waals surface area contributed by atoms with Crippen LogP contribution in [-0.4, -0.2) is 6.54 Å². The summed E-state index contributed by atoms with van der Waals surface area (Å²) in [6, 6.07) is 8.06. The normalized spacial score (nSPS) is 10.7. The number of nitrogens with one attached hydrogen (secondary N) is 1. The minimum absolute atomic E-state index is 0.810. The highest BCUT2D eigenvalue weighted by atomic mass is 35.5. The van der Waals surface area contributed by atoms with E-state index in [2.05, 4.69) is 24.4 Å². The van der Waals surface area contributed by atoms with E-state index in [1.807, 2.05) is 12.1 Å². The Bertz CT molecular complexity index is 281. The second-order valence-corrected chi connectivity index (χ2v) is 5.01. The van der Waals surface area contributed by atoms with Crippen LogP contribution in [0.15, 0.2) is 24.3 Å². The van der Waals surface area contributed by atoms with Crippen molar-refractivity contribution in [2.75, 3.05) is 6.54 Å². The molecular formula is C15H24ClN. The Hall–Kier alpha value is -0.530. The Morgan fingerprint density at radius 1 is 0.941 bits per heavy atom. The molecule has 17 heavy (non-hydrogen) atoms. The second-order valence-electron chi connectivity index (χ2n) is 4.57. The topological polar surface area (TPSA) is 12.0 Å². The van der Waals surface area contributed by atoms with E-state index in [1.165, 1.54) is 44.1 Å². The van der Waals surface area contributed by atoms with Crippen LogP contribution < -0.4 is 5.32 Å². The van der Waals surface area contributed by atoms with Crippen LogP contribution in [0, 0.1) is 0 Å². The van der Waals surface area contributed by atoms with Gasteiger partial charge in [0.1, 0.15) is 0 Å². The van der Waals surface area contributed by atoms with Gasteiger partial charge in [-0.05, 0) is 30.7 Å². The molecule has 1 rings (SSSR count). The average Bonchev–Trinajstić information content (AvgIpc) is 2.35. The lowest BCUT2D eigenvalue weighted by Gasteiger charge is -2.05. The number of hydrogen-bond donors (Lipinski definition) is 1. The first-order chi connectivity index (χ1) is 8.33. The highest BCUT2D eigenvalue weighted by molar-refractivity contribution is 6.30. The molecule has 1 N–H and O–H groups in total. The zero-order valence-electron chi connectivity index (χ0n) is 10.8. The van der Waals surface area contributed by atoms with Crippen LogP contribution in [-0.2, 0) is 6.54 Å². The molecule has 0 unspecified atom stereocenters. The molecule has 1 aromatic carbocycles. The third kappa shape index (κ3) is 7.40. The van der Waals surface area contributed by atoms with Gasteiger partial charge in [0.25, 0.3) is 0 Å². The smallest absolute Gasteiger partial charge is 0.0406 e. The molecule has 0 saturated heterocycles. The molecule has 0 aromatic heterocycles. The van der Waals surface area contributed by atoms with Crippen molar-refractivity contribution in [3.8, 4) is 0 Å². The summed E-state index contributed by atoms with van der Waals surface area (Å²) in [6.45, 7) is 4.33. The zero-order valence-corrected chi connectivity index (χ0v) is 11.6. The molecule has 96 valence electrons. The lowest BCUT2D eigenvalue weighted by molar-refractivity contribution is 0.572. The molecule has 0 saturated carbocycles. The summed E-state index contributed by atoms with van der Waals surface area (Å²) in [5.74, 6) is 0. The fraction of sp³-hybridized carbons (Fsp3) is 0.600. The first kappa shape index (κ1) is 14.5. The third-order valence-corrected chi connectivity index (χ3v) is 3.20. The van der Waals surface area contributed by atoms with Crippen LogP contribution >= 0.6 is 11.6 Å². The predicted octanol–water partition coefficient (Wildman–Crippen LogP) is 4.79. The van der Waals surface area contributed by atoms with E-state index < -0.39 is 0 Å². The minimum atomic E-state index is 0.810. The fourth-order valence-electron chi connectivity index (χ4n) is 1.87. The van der Waals surface area contributed by atoms with Crippen LogP contribution in [0.2, 0.25) is 5.02 Å². The lowest BCUT2D eigenvalue weighted by Crippen LogP contribution is -2.14. The van der Waals surface area contributed by atoms with Crippen LogP contribution in [0.25, 0.3) is 0 Å². The molecule has 0 spiro atoms. The number of rotatable bonds is 9. The van der Waals surface area contributed by atoms with E-state index in [0.29, 0.717) is 0 Å². The molecular weight excluding hydrogens is 230 g/mol. The summed E-state index contributed by atoms with van der Waals surface area (Å²) in [5, 5.41) is 4.28. The van der Waals surface area contributed by atoms with Gasteiger partial charge in [0.15, 0.2) is 0 Å². The summed E-state index contributed by atoms with van der Waals surface area (Å²) >= 11 is 5.84. The Morgan fingerprint density at radius 2 is 1.59 bits per heavy atom. The second kappa shape index (κ2) is 9.49. The maximum atomic E-state index is 5.84. The maximum absolute atomic E-state index is 5.84. The number of benzene rings is 1. The van der Waals surface area contributed by atoms with Gasteiger partial charge in [-0.3, -0.25) is 0 Å². The summed E-state index contributed by atoms with van der Waals surface area (Å²) in [6.07, 6.45) is 8.14. The lowest BCUT2D eigenvalue weighted by atomic mass is 10.1. The quantitative estimate of drug-likeness (QED) is 0.624. The largest absolute Gasteiger partial charge is 0.313 e. The van der Waals surface area contributed by atoms with Crippen molar-refractivity contribution in [2.24, 2.45) is 0 Å². The minimum Gasteiger partial charge on any atom is -0.313 e. The van der Waals surface area contributed by atoms with Crippen molar-refractivity contribution in [1.82, 2.24) is 5.32 Å². The van der Waals surface area contributed by atoms with Crippen molar-refractivity contribution in [3.63, 3.8) is 0 Å². The number of unbranched alkanes of at least 4 members (excludes halogenated alkanes) is 5. The molecule has 0 aliphatic rings. The van der Waals surface area contributed by atoms with E-state index in [0.717, 1.165) is 18.1 Å². The van der Waals surface area contributed by atoms with E-state index >= 15 is 0 Å². The molecule has 0 aliphatic heterocycles. The number of hydrogen-bond acceptors (Lipinski definition) is 1. The molecule has 0 heterocycles. The Labute approximate surface area is 111 Å². The zero-order chi connectivity index (χ0) is 12.3. The van der Waals surface area contributed by atoms with E-state index in [4.69, 9.17) is 11.6 Å². The van der Waals surface area contributed by atoms with Crippen LogP contribution in [0.4, 0.5) is 0 Å². The summed E-state index contributed by atoms with van der Waals surface area (Å²) in [7, 11) is 0. The van der Waals surface area contributed by atoms with Gasteiger partial charge < -0.3 is 5.32 Å². The maximum Gasteiger partial charge on any atom is 0.0406 e. The first-order valence-electron chi connectivity index (χ1n) is 6.78. The van der Waals surface area contributed by atoms with Crippen LogP contribution in [0.3, 0.4) is 0 Å². The molecule has 0 atom stereocenters. The highest BCUT2D eigenvalue weighted by Crippen LogP contribution is 2.09. The van der Waals surface area contributed by atoms with Gasteiger partial charge in [0.05, 0.1) is 0 Å². The van der Waals surface area contributed by atoms with Crippen molar-refractivity contribution in [2.45, 2.75) is 52.0 Å². The molecule has 0 aliphatic carbocycles. The Kier molecular flexibility index (Phi) is 8.12. The SMILES string of the molecule is CCCCCCCCNCc1ccc(Cl)cc1. The molecule has 0 bridgehead atoms. The molecule has 0 fully saturated rings. The van der Waals surface area contributed by atoms with Crippen LogP contribution in [0.5, 0.6) is 0 Å². The van der Waals surface area contributed by atoms with Gasteiger partial charge in [-0.25, -0.2) is 0 Å². The molecule has 1 nitrogen and oxygen atoms in total. The predicted molar refractivity (Wildman–Crippen MR) is 76.5 cm³/mol. The van der Waals surface area contributed by atoms with E-state index in [-0.39, 0.29) is 0 Å². The van der Waals surface area contributed by atoms with Gasteiger partial charge in [-0.15, -0.1) is 0 Å². The molecule has 0 radical (unpaired) electrons. The van der Waals surface area contributed by atoms with Crippen molar-refractivity contribution in [3.05, 3.63) is 34.9 Å². The van der Waals surface area contributed by atoms with Gasteiger partial charge in [0, 0.05) is 11.6 Å². The van der Waals surface area contributed by atoms with Crippen molar-refractivity contribution in [1.29, 1.82) is 0 Å². The first-order valence-corrected chi connectivity index (χ1v) is 7.16. The van der Waals surface area contributed by atoms with Crippen molar-refractivity contribution >= 4 is 11.6 Å². The Morgan fingerprint density at radius 3 is 2.29 bits per heavy atom. The summed E-state index contributed by atoms with van der Waals surface area (Å²) < 4.78 is 0. The highest BCUT2D eigenvalue weighted by Gasteiger charge is 1.93. The summed E-state index contributed by atoms with van der Waals surface area (Å²) in [5.41, 5.74) is 1.31. The molecule has 0 amide bonds. The van der Waals surface area contributed by atoms with Gasteiger partial charge >= 0.3 is 0 Å². The molecule has 1 aromatic rings. The van der Waals surface area contributed by atoms with Crippen LogP contribution in [0.1, 0.15) is 51.0 Å². The summed E-state index contributed by atoms with van der Waals surface area (Å²) in [4.78, 5) is 0. The van der Waals surface area contributed by atoms with E-state index in [9.17, 15) is 0 Å². The van der Waals surface area contributed by atoms with Gasteiger partial charge in [0.2, 0.25) is 0 Å². The van der Waals surface area contributed by atoms with Gasteiger partial charge in [-0.2, -0.15) is 0 Å². The van der Waals surface area contributed by atoms with Gasteiger partial charge in [-0.1, -0.05) is 62.8 Å². The van der Waals surface area contributed by atoms with E-state index in [1.54, 1.807) is 0 Å². The fourth-order valence-corrected chi connectivity index (χ4v) is 1.99. The Balaban J connectivity index is 1.95.